The van der Waals surface area contributed by atoms with Gasteiger partial charge in [-0.15, -0.1) is 6.42 Å². The molecule has 0 atom stereocenters. The van der Waals surface area contributed by atoms with Crippen LogP contribution in [0.1, 0.15) is 22.3 Å². The fraction of sp³-hybridized carbons (Fsp3) is 0. The lowest BCUT2D eigenvalue weighted by atomic mass is 10.1. The SMILES string of the molecule is C#Cc1ccccc1C#Cc1ccccc1C#N. The largest absolute Gasteiger partial charge is 0.192 e. The van der Waals surface area contributed by atoms with Crippen LogP contribution in [0.15, 0.2) is 48.5 Å². The molecule has 0 radical (unpaired) electrons. The molecule has 1 nitrogen and oxygen atoms in total. The normalized spacial score (nSPS) is 8.56. The van der Waals surface area contributed by atoms with Gasteiger partial charge in [-0.05, 0) is 24.3 Å². The maximum atomic E-state index is 8.97. The Bertz CT molecular complexity index is 654. The van der Waals surface area contributed by atoms with Crippen molar-refractivity contribution in [2.45, 2.75) is 0 Å². The third kappa shape index (κ3) is 2.41. The van der Waals surface area contributed by atoms with Crippen LogP contribution in [0.5, 0.6) is 0 Å². The highest BCUT2D eigenvalue weighted by Crippen LogP contribution is 2.08. The molecule has 0 saturated carbocycles. The number of hydrogen-bond acceptors (Lipinski definition) is 1. The Morgan fingerprint density at radius 3 is 1.67 bits per heavy atom. The first-order valence-corrected chi connectivity index (χ1v) is 5.42. The molecule has 0 heterocycles. The molecule has 2 aromatic carbocycles. The van der Waals surface area contributed by atoms with E-state index in [1.54, 1.807) is 6.07 Å². The highest BCUT2D eigenvalue weighted by Gasteiger charge is 1.97. The molecule has 0 fully saturated rings. The van der Waals surface area contributed by atoms with E-state index in [1.807, 2.05) is 42.5 Å². The molecule has 2 aromatic rings. The topological polar surface area (TPSA) is 23.8 Å². The lowest BCUT2D eigenvalue weighted by molar-refractivity contribution is 1.47. The fourth-order valence-corrected chi connectivity index (χ4v) is 1.54. The quantitative estimate of drug-likeness (QED) is 0.635. The van der Waals surface area contributed by atoms with Gasteiger partial charge in [-0.3, -0.25) is 0 Å². The zero-order valence-corrected chi connectivity index (χ0v) is 9.64. The van der Waals surface area contributed by atoms with Gasteiger partial charge >= 0.3 is 0 Å². The smallest absolute Gasteiger partial charge is 0.100 e. The summed E-state index contributed by atoms with van der Waals surface area (Å²) in [6, 6.07) is 16.9. The Morgan fingerprint density at radius 1 is 0.722 bits per heavy atom. The highest BCUT2D eigenvalue weighted by atomic mass is 14.2. The predicted molar refractivity (Wildman–Crippen MR) is 71.5 cm³/mol. The monoisotopic (exact) mass is 227 g/mol. The van der Waals surface area contributed by atoms with Crippen LogP contribution in [0.25, 0.3) is 0 Å². The molecular weight excluding hydrogens is 218 g/mol. The summed E-state index contributed by atoms with van der Waals surface area (Å²) in [7, 11) is 0. The maximum absolute atomic E-state index is 8.97. The van der Waals surface area contributed by atoms with Gasteiger partial charge in [-0.2, -0.15) is 5.26 Å². The number of nitriles is 1. The van der Waals surface area contributed by atoms with Crippen LogP contribution in [0.3, 0.4) is 0 Å². The van der Waals surface area contributed by atoms with E-state index in [2.05, 4.69) is 23.8 Å². The van der Waals surface area contributed by atoms with Crippen molar-refractivity contribution in [2.75, 3.05) is 0 Å². The van der Waals surface area contributed by atoms with Crippen molar-refractivity contribution >= 4 is 0 Å². The minimum atomic E-state index is 0.572. The van der Waals surface area contributed by atoms with Crippen molar-refractivity contribution in [3.8, 4) is 30.3 Å². The zero-order valence-electron chi connectivity index (χ0n) is 9.64. The number of rotatable bonds is 0. The lowest BCUT2D eigenvalue weighted by Gasteiger charge is -1.95. The van der Waals surface area contributed by atoms with E-state index in [9.17, 15) is 0 Å². The van der Waals surface area contributed by atoms with E-state index in [0.29, 0.717) is 11.1 Å². The van der Waals surface area contributed by atoms with Crippen molar-refractivity contribution < 1.29 is 0 Å². The predicted octanol–water partition coefficient (Wildman–Crippen LogP) is 2.94. The maximum Gasteiger partial charge on any atom is 0.100 e. The molecule has 0 saturated heterocycles. The summed E-state index contributed by atoms with van der Waals surface area (Å²) in [5, 5.41) is 8.97. The molecule has 18 heavy (non-hydrogen) atoms. The summed E-state index contributed by atoms with van der Waals surface area (Å²) in [6.07, 6.45) is 5.41. The molecule has 0 aromatic heterocycles. The van der Waals surface area contributed by atoms with Gasteiger partial charge in [0.25, 0.3) is 0 Å². The van der Waals surface area contributed by atoms with Gasteiger partial charge in [0.15, 0.2) is 0 Å². The van der Waals surface area contributed by atoms with E-state index >= 15 is 0 Å². The van der Waals surface area contributed by atoms with Crippen LogP contribution in [0, 0.1) is 35.5 Å². The first-order chi connectivity index (χ1) is 8.85. The number of terminal acetylenes is 1. The fourth-order valence-electron chi connectivity index (χ4n) is 1.54. The number of hydrogen-bond donors (Lipinski definition) is 0. The zero-order chi connectivity index (χ0) is 12.8. The Balaban J connectivity index is 2.45. The molecule has 0 aliphatic heterocycles. The third-order valence-corrected chi connectivity index (χ3v) is 2.46. The second kappa shape index (κ2) is 5.40. The van der Waals surface area contributed by atoms with Crippen LogP contribution in [-0.2, 0) is 0 Å². The summed E-state index contributed by atoms with van der Waals surface area (Å²) >= 11 is 0. The second-order valence-electron chi connectivity index (χ2n) is 3.60. The minimum absolute atomic E-state index is 0.572. The van der Waals surface area contributed by atoms with Gasteiger partial charge in [0.1, 0.15) is 6.07 Å². The Labute approximate surface area is 107 Å². The molecule has 0 N–H and O–H groups in total. The second-order valence-corrected chi connectivity index (χ2v) is 3.60. The Morgan fingerprint density at radius 2 is 1.17 bits per heavy atom. The first kappa shape index (κ1) is 11.5. The first-order valence-electron chi connectivity index (χ1n) is 5.42. The van der Waals surface area contributed by atoms with Gasteiger partial charge in [0.2, 0.25) is 0 Å². The van der Waals surface area contributed by atoms with Crippen LogP contribution < -0.4 is 0 Å². The Hall–Kier alpha value is -2.95. The summed E-state index contributed by atoms with van der Waals surface area (Å²) in [5.41, 5.74) is 2.85. The molecule has 0 bridgehead atoms. The van der Waals surface area contributed by atoms with E-state index in [1.165, 1.54) is 0 Å². The summed E-state index contributed by atoms with van der Waals surface area (Å²) in [5.74, 6) is 8.59. The molecule has 1 heteroatoms. The minimum Gasteiger partial charge on any atom is -0.192 e. The standard InChI is InChI=1S/C17H9N/c1-2-14-7-3-4-8-15(14)11-12-16-9-5-6-10-17(16)13-18/h1,3-10H. The summed E-state index contributed by atoms with van der Waals surface area (Å²) in [6.45, 7) is 0. The molecular formula is C17H9N. The summed E-state index contributed by atoms with van der Waals surface area (Å²) in [4.78, 5) is 0. The van der Waals surface area contributed by atoms with Crippen molar-refractivity contribution in [2.24, 2.45) is 0 Å². The van der Waals surface area contributed by atoms with Crippen molar-refractivity contribution in [1.29, 1.82) is 5.26 Å². The number of benzene rings is 2. The van der Waals surface area contributed by atoms with Crippen molar-refractivity contribution in [3.63, 3.8) is 0 Å². The average molecular weight is 227 g/mol. The summed E-state index contributed by atoms with van der Waals surface area (Å²) < 4.78 is 0. The third-order valence-electron chi connectivity index (χ3n) is 2.46. The molecule has 0 spiro atoms. The average Bonchev–Trinajstić information content (AvgIpc) is 2.45. The van der Waals surface area contributed by atoms with Crippen LogP contribution >= 0.6 is 0 Å². The van der Waals surface area contributed by atoms with E-state index in [0.717, 1.165) is 11.1 Å². The van der Waals surface area contributed by atoms with E-state index < -0.39 is 0 Å². The molecule has 0 unspecified atom stereocenters. The van der Waals surface area contributed by atoms with Crippen LogP contribution in [-0.4, -0.2) is 0 Å². The van der Waals surface area contributed by atoms with Gasteiger partial charge < -0.3 is 0 Å². The molecule has 0 aliphatic rings. The van der Waals surface area contributed by atoms with Gasteiger partial charge in [0.05, 0.1) is 5.56 Å². The van der Waals surface area contributed by atoms with Gasteiger partial charge in [0, 0.05) is 16.7 Å². The van der Waals surface area contributed by atoms with Crippen molar-refractivity contribution in [3.05, 3.63) is 70.8 Å². The van der Waals surface area contributed by atoms with E-state index in [-0.39, 0.29) is 0 Å². The lowest BCUT2D eigenvalue weighted by Crippen LogP contribution is -1.84. The molecule has 0 aliphatic carbocycles. The van der Waals surface area contributed by atoms with Crippen LogP contribution in [0.4, 0.5) is 0 Å². The molecule has 2 rings (SSSR count). The number of nitrogens with zero attached hydrogens (tertiary/aromatic N) is 1. The van der Waals surface area contributed by atoms with E-state index in [4.69, 9.17) is 11.7 Å². The van der Waals surface area contributed by atoms with Crippen molar-refractivity contribution in [1.82, 2.24) is 0 Å². The molecule has 0 amide bonds. The highest BCUT2D eigenvalue weighted by molar-refractivity contribution is 5.54. The Kier molecular flexibility index (Phi) is 3.46. The van der Waals surface area contributed by atoms with Gasteiger partial charge in [-0.25, -0.2) is 0 Å². The van der Waals surface area contributed by atoms with Gasteiger partial charge in [-0.1, -0.05) is 42.0 Å². The molecule has 82 valence electrons. The van der Waals surface area contributed by atoms with Crippen LogP contribution in [0.2, 0.25) is 0 Å².